The smallest absolute Gasteiger partial charge is 0.335 e. The first-order valence-electron chi connectivity index (χ1n) is 8.09. The summed E-state index contributed by atoms with van der Waals surface area (Å²) in [4.78, 5) is 24.6. The largest absolute Gasteiger partial charge is 0.478 e. The molecule has 1 saturated heterocycles. The maximum absolute atomic E-state index is 11.8. The van der Waals surface area contributed by atoms with Crippen LogP contribution >= 0.6 is 0 Å². The van der Waals surface area contributed by atoms with Crippen LogP contribution in [0.1, 0.15) is 35.7 Å². The van der Waals surface area contributed by atoms with Gasteiger partial charge in [0.25, 0.3) is 0 Å². The van der Waals surface area contributed by atoms with Crippen LogP contribution in [-0.2, 0) is 4.79 Å². The number of hydrogen-bond donors (Lipinski definition) is 2. The number of hydrogen-bond acceptors (Lipinski definition) is 4. The summed E-state index contributed by atoms with van der Waals surface area (Å²) in [7, 11) is 0. The fraction of sp³-hybridized carbons (Fsp3) is 0.211. The third-order valence-corrected chi connectivity index (χ3v) is 4.13. The number of carbonyl (C=O) groups is 2. The Morgan fingerprint density at radius 1 is 1.16 bits per heavy atom. The van der Waals surface area contributed by atoms with E-state index in [2.05, 4.69) is 10.5 Å². The molecule has 2 aromatic carbocycles. The predicted octanol–water partition coefficient (Wildman–Crippen LogP) is 3.35. The molecule has 25 heavy (non-hydrogen) atoms. The molecule has 6 nitrogen and oxygen atoms in total. The zero-order chi connectivity index (χ0) is 17.8. The SMILES string of the molecule is CC(=NNc1cccc(C(=O)O)c1)c1ccc(N2CCCC2=O)cc1. The van der Waals surface area contributed by atoms with Gasteiger partial charge in [-0.25, -0.2) is 4.79 Å². The molecular weight excluding hydrogens is 318 g/mol. The number of carboxylic acid groups (broad SMARTS) is 1. The monoisotopic (exact) mass is 337 g/mol. The lowest BCUT2D eigenvalue weighted by molar-refractivity contribution is -0.117. The van der Waals surface area contributed by atoms with Crippen LogP contribution in [0, 0.1) is 0 Å². The van der Waals surface area contributed by atoms with Gasteiger partial charge in [-0.3, -0.25) is 10.2 Å². The van der Waals surface area contributed by atoms with Crippen molar-refractivity contribution in [3.8, 4) is 0 Å². The maximum Gasteiger partial charge on any atom is 0.335 e. The van der Waals surface area contributed by atoms with Crippen LogP contribution in [0.15, 0.2) is 53.6 Å². The summed E-state index contributed by atoms with van der Waals surface area (Å²) in [5, 5.41) is 13.3. The van der Waals surface area contributed by atoms with Crippen molar-refractivity contribution in [2.24, 2.45) is 5.10 Å². The van der Waals surface area contributed by atoms with E-state index in [-0.39, 0.29) is 11.5 Å². The third kappa shape index (κ3) is 3.85. The van der Waals surface area contributed by atoms with Crippen LogP contribution < -0.4 is 10.3 Å². The van der Waals surface area contributed by atoms with Crippen molar-refractivity contribution in [2.75, 3.05) is 16.9 Å². The summed E-state index contributed by atoms with van der Waals surface area (Å²) in [5.41, 5.74) is 6.29. The molecule has 0 unspecified atom stereocenters. The average molecular weight is 337 g/mol. The lowest BCUT2D eigenvalue weighted by Gasteiger charge is -2.15. The van der Waals surface area contributed by atoms with Gasteiger partial charge in [0.1, 0.15) is 0 Å². The van der Waals surface area contributed by atoms with E-state index < -0.39 is 5.97 Å². The van der Waals surface area contributed by atoms with Gasteiger partial charge in [0, 0.05) is 18.7 Å². The van der Waals surface area contributed by atoms with Crippen molar-refractivity contribution in [1.29, 1.82) is 0 Å². The highest BCUT2D eigenvalue weighted by Gasteiger charge is 2.21. The highest BCUT2D eigenvalue weighted by atomic mass is 16.4. The number of nitrogens with zero attached hydrogens (tertiary/aromatic N) is 2. The Hall–Kier alpha value is -3.15. The van der Waals surface area contributed by atoms with Crippen molar-refractivity contribution in [3.63, 3.8) is 0 Å². The summed E-state index contributed by atoms with van der Waals surface area (Å²) in [6.45, 7) is 2.64. The Balaban J connectivity index is 1.71. The highest BCUT2D eigenvalue weighted by Crippen LogP contribution is 2.22. The van der Waals surface area contributed by atoms with Crippen molar-refractivity contribution < 1.29 is 14.7 Å². The van der Waals surface area contributed by atoms with Crippen molar-refractivity contribution in [2.45, 2.75) is 19.8 Å². The van der Waals surface area contributed by atoms with Gasteiger partial charge in [0.2, 0.25) is 5.91 Å². The lowest BCUT2D eigenvalue weighted by atomic mass is 10.1. The second-order valence-corrected chi connectivity index (χ2v) is 5.89. The van der Waals surface area contributed by atoms with Gasteiger partial charge in [0.15, 0.2) is 0 Å². The molecule has 0 bridgehead atoms. The number of rotatable bonds is 5. The molecule has 1 aliphatic rings. The summed E-state index contributed by atoms with van der Waals surface area (Å²) in [6.07, 6.45) is 1.52. The molecule has 2 aromatic rings. The third-order valence-electron chi connectivity index (χ3n) is 4.13. The van der Waals surface area contributed by atoms with E-state index in [1.54, 1.807) is 17.0 Å². The molecule has 6 heteroatoms. The van der Waals surface area contributed by atoms with Crippen LogP contribution in [0.3, 0.4) is 0 Å². The number of benzene rings is 2. The summed E-state index contributed by atoms with van der Waals surface area (Å²) < 4.78 is 0. The Kier molecular flexibility index (Phi) is 4.79. The molecule has 2 N–H and O–H groups in total. The van der Waals surface area contributed by atoms with Gasteiger partial charge >= 0.3 is 5.97 Å². The number of hydrazone groups is 1. The Labute approximate surface area is 145 Å². The number of amides is 1. The highest BCUT2D eigenvalue weighted by molar-refractivity contribution is 6.00. The van der Waals surface area contributed by atoms with Gasteiger partial charge < -0.3 is 10.0 Å². The molecule has 0 atom stereocenters. The van der Waals surface area contributed by atoms with Gasteiger partial charge in [-0.1, -0.05) is 18.2 Å². The van der Waals surface area contributed by atoms with Gasteiger partial charge in [-0.2, -0.15) is 5.10 Å². The molecule has 0 spiro atoms. The van der Waals surface area contributed by atoms with E-state index in [1.807, 2.05) is 31.2 Å². The lowest BCUT2D eigenvalue weighted by Crippen LogP contribution is -2.23. The van der Waals surface area contributed by atoms with Crippen LogP contribution in [0.25, 0.3) is 0 Å². The van der Waals surface area contributed by atoms with Gasteiger partial charge in [-0.15, -0.1) is 0 Å². The topological polar surface area (TPSA) is 82.0 Å². The summed E-state index contributed by atoms with van der Waals surface area (Å²) in [6, 6.07) is 14.2. The number of aromatic carboxylic acids is 1. The van der Waals surface area contributed by atoms with E-state index >= 15 is 0 Å². The van der Waals surface area contributed by atoms with Crippen LogP contribution in [0.4, 0.5) is 11.4 Å². The molecule has 128 valence electrons. The van der Waals surface area contributed by atoms with Crippen molar-refractivity contribution in [1.82, 2.24) is 0 Å². The first kappa shape index (κ1) is 16.7. The van der Waals surface area contributed by atoms with Crippen molar-refractivity contribution >= 4 is 29.0 Å². The Morgan fingerprint density at radius 3 is 2.56 bits per heavy atom. The summed E-state index contributed by atoms with van der Waals surface area (Å²) in [5.74, 6) is -0.811. The fourth-order valence-corrected chi connectivity index (χ4v) is 2.74. The van der Waals surface area contributed by atoms with E-state index in [4.69, 9.17) is 5.11 Å². The minimum Gasteiger partial charge on any atom is -0.478 e. The minimum absolute atomic E-state index is 0.165. The van der Waals surface area contributed by atoms with Crippen molar-refractivity contribution in [3.05, 3.63) is 59.7 Å². The molecule has 1 fully saturated rings. The van der Waals surface area contributed by atoms with E-state index in [9.17, 15) is 9.59 Å². The minimum atomic E-state index is -0.976. The Morgan fingerprint density at radius 2 is 1.92 bits per heavy atom. The molecule has 1 heterocycles. The maximum atomic E-state index is 11.8. The molecule has 1 amide bonds. The fourth-order valence-electron chi connectivity index (χ4n) is 2.74. The van der Waals surface area contributed by atoms with Crippen LogP contribution in [0.2, 0.25) is 0 Å². The molecular formula is C19H19N3O3. The van der Waals surface area contributed by atoms with E-state index in [0.717, 1.165) is 29.9 Å². The first-order chi connectivity index (χ1) is 12.0. The van der Waals surface area contributed by atoms with E-state index in [1.165, 1.54) is 12.1 Å². The van der Waals surface area contributed by atoms with Gasteiger partial charge in [-0.05, 0) is 49.2 Å². The normalized spacial score (nSPS) is 14.7. The molecule has 1 aliphatic heterocycles. The van der Waals surface area contributed by atoms with Crippen LogP contribution in [0.5, 0.6) is 0 Å². The quantitative estimate of drug-likeness (QED) is 0.647. The number of carboxylic acids is 1. The number of carbonyl (C=O) groups excluding carboxylic acids is 1. The molecule has 0 saturated carbocycles. The molecule has 0 aromatic heterocycles. The summed E-state index contributed by atoms with van der Waals surface area (Å²) >= 11 is 0. The standard InChI is InChI=1S/C19H19N3O3/c1-13(20-21-16-5-2-4-15(12-16)19(24)25)14-7-9-17(10-8-14)22-11-3-6-18(22)23/h2,4-5,7-10,12,21H,3,6,11H2,1H3,(H,24,25). The van der Waals surface area contributed by atoms with Crippen LogP contribution in [-0.4, -0.2) is 29.2 Å². The average Bonchev–Trinajstić information content (AvgIpc) is 3.06. The van der Waals surface area contributed by atoms with E-state index in [0.29, 0.717) is 12.1 Å². The molecule has 0 aliphatic carbocycles. The second-order valence-electron chi connectivity index (χ2n) is 5.89. The second kappa shape index (κ2) is 7.17. The predicted molar refractivity (Wildman–Crippen MR) is 97.3 cm³/mol. The zero-order valence-corrected chi connectivity index (χ0v) is 13.9. The molecule has 0 radical (unpaired) electrons. The molecule has 3 rings (SSSR count). The first-order valence-corrected chi connectivity index (χ1v) is 8.09. The number of anilines is 2. The number of nitrogens with one attached hydrogen (secondary N) is 1. The van der Waals surface area contributed by atoms with Gasteiger partial charge in [0.05, 0.1) is 17.0 Å². The Bertz CT molecular complexity index is 828. The zero-order valence-electron chi connectivity index (χ0n) is 13.9.